The van der Waals surface area contributed by atoms with Crippen LogP contribution in [0.25, 0.3) is 0 Å². The van der Waals surface area contributed by atoms with Crippen molar-refractivity contribution >= 4 is 15.5 Å². The van der Waals surface area contributed by atoms with E-state index in [1.807, 2.05) is 0 Å². The molecule has 0 spiro atoms. The maximum absolute atomic E-state index is 12.6. The first kappa shape index (κ1) is 16.4. The molecule has 0 amide bonds. The topological polar surface area (TPSA) is 92.5 Å². The third kappa shape index (κ3) is 3.70. The molecule has 7 nitrogen and oxygen atoms in total. The van der Waals surface area contributed by atoms with Crippen LogP contribution in [-0.4, -0.2) is 55.7 Å². The molecule has 0 aromatic heterocycles. The number of nitro benzene ring substituents is 1. The molecule has 23 heavy (non-hydrogen) atoms. The van der Waals surface area contributed by atoms with E-state index in [2.05, 4.69) is 10.2 Å². The third-order valence-corrected chi connectivity index (χ3v) is 7.00. The van der Waals surface area contributed by atoms with Gasteiger partial charge in [-0.1, -0.05) is 12.1 Å². The molecule has 2 fully saturated rings. The lowest BCUT2D eigenvalue weighted by molar-refractivity contribution is -0.384. The van der Waals surface area contributed by atoms with E-state index >= 15 is 0 Å². The second-order valence-corrected chi connectivity index (χ2v) is 8.56. The molecule has 8 heteroatoms. The zero-order valence-electron chi connectivity index (χ0n) is 12.8. The summed E-state index contributed by atoms with van der Waals surface area (Å²) < 4.78 is 25.1. The lowest BCUT2D eigenvalue weighted by Crippen LogP contribution is -2.59. The highest BCUT2D eigenvalue weighted by atomic mass is 32.2. The van der Waals surface area contributed by atoms with Crippen molar-refractivity contribution < 1.29 is 13.3 Å². The predicted molar refractivity (Wildman–Crippen MR) is 87.0 cm³/mol. The summed E-state index contributed by atoms with van der Waals surface area (Å²) in [4.78, 5) is 12.5. The lowest BCUT2D eigenvalue weighted by atomic mass is 10.0. The van der Waals surface area contributed by atoms with Crippen molar-refractivity contribution in [3.8, 4) is 0 Å². The van der Waals surface area contributed by atoms with Crippen molar-refractivity contribution in [2.24, 2.45) is 0 Å². The second-order valence-electron chi connectivity index (χ2n) is 6.28. The predicted octanol–water partition coefficient (Wildman–Crippen LogP) is 0.946. The van der Waals surface area contributed by atoms with Crippen molar-refractivity contribution in [3.05, 3.63) is 39.9 Å². The normalized spacial score (nSPS) is 21.0. The van der Waals surface area contributed by atoms with Crippen molar-refractivity contribution in [2.75, 3.05) is 26.2 Å². The molecule has 0 unspecified atom stereocenters. The lowest BCUT2D eigenvalue weighted by Gasteiger charge is -2.42. The Kier molecular flexibility index (Phi) is 4.65. The van der Waals surface area contributed by atoms with Crippen LogP contribution in [0.5, 0.6) is 0 Å². The Morgan fingerprint density at radius 2 is 1.78 bits per heavy atom. The van der Waals surface area contributed by atoms with Crippen LogP contribution in [0.1, 0.15) is 18.4 Å². The number of hydrogen-bond donors (Lipinski definition) is 1. The first-order chi connectivity index (χ1) is 11.0. The molecular formula is C15H21N3O4S. The number of benzene rings is 1. The quantitative estimate of drug-likeness (QED) is 0.634. The van der Waals surface area contributed by atoms with Gasteiger partial charge < -0.3 is 5.32 Å². The fraction of sp³-hybridized carbons (Fsp3) is 0.600. The monoisotopic (exact) mass is 339 g/mol. The van der Waals surface area contributed by atoms with Gasteiger partial charge in [-0.2, -0.15) is 0 Å². The number of hydrogen-bond acceptors (Lipinski definition) is 6. The van der Waals surface area contributed by atoms with Crippen molar-refractivity contribution in [2.45, 2.75) is 29.9 Å². The number of nitrogens with zero attached hydrogens (tertiary/aromatic N) is 2. The van der Waals surface area contributed by atoms with Crippen LogP contribution in [0.15, 0.2) is 24.3 Å². The minimum absolute atomic E-state index is 0.0198. The van der Waals surface area contributed by atoms with Gasteiger partial charge in [-0.3, -0.25) is 15.0 Å². The zero-order chi connectivity index (χ0) is 16.4. The molecule has 2 saturated heterocycles. The molecule has 0 bridgehead atoms. The number of piperidine rings is 1. The molecule has 1 aromatic carbocycles. The van der Waals surface area contributed by atoms with Crippen LogP contribution in [0.4, 0.5) is 5.69 Å². The van der Waals surface area contributed by atoms with E-state index in [1.54, 1.807) is 0 Å². The average Bonchev–Trinajstić information content (AvgIpc) is 2.46. The molecule has 1 N–H and O–H groups in total. The standard InChI is InChI=1S/C15H21N3O4S/c19-18(20)13-3-1-12(2-4-13)11-23(21,22)15-5-7-17(8-6-15)14-9-16-10-14/h1-4,14-16H,5-11H2. The molecule has 2 heterocycles. The van der Waals surface area contributed by atoms with E-state index in [1.165, 1.54) is 24.3 Å². The summed E-state index contributed by atoms with van der Waals surface area (Å²) in [6.07, 6.45) is 1.34. The Bertz CT molecular complexity index is 662. The highest BCUT2D eigenvalue weighted by molar-refractivity contribution is 7.91. The van der Waals surface area contributed by atoms with Crippen LogP contribution in [-0.2, 0) is 15.6 Å². The smallest absolute Gasteiger partial charge is 0.269 e. The summed E-state index contributed by atoms with van der Waals surface area (Å²) in [7, 11) is -3.22. The highest BCUT2D eigenvalue weighted by Gasteiger charge is 2.33. The van der Waals surface area contributed by atoms with E-state index in [0.29, 0.717) is 24.4 Å². The van der Waals surface area contributed by atoms with Crippen LogP contribution < -0.4 is 5.32 Å². The molecular weight excluding hydrogens is 318 g/mol. The molecule has 2 aliphatic rings. The Hall–Kier alpha value is -1.51. The minimum Gasteiger partial charge on any atom is -0.314 e. The van der Waals surface area contributed by atoms with Gasteiger partial charge >= 0.3 is 0 Å². The zero-order valence-corrected chi connectivity index (χ0v) is 13.7. The van der Waals surface area contributed by atoms with Crippen LogP contribution >= 0.6 is 0 Å². The van der Waals surface area contributed by atoms with Gasteiger partial charge in [0.05, 0.1) is 15.9 Å². The number of sulfone groups is 1. The summed E-state index contributed by atoms with van der Waals surface area (Å²) >= 11 is 0. The van der Waals surface area contributed by atoms with Gasteiger partial charge in [-0.05, 0) is 31.5 Å². The highest BCUT2D eigenvalue weighted by Crippen LogP contribution is 2.24. The summed E-state index contributed by atoms with van der Waals surface area (Å²) in [5, 5.41) is 13.6. The van der Waals surface area contributed by atoms with Crippen LogP contribution in [0.3, 0.4) is 0 Å². The van der Waals surface area contributed by atoms with Crippen molar-refractivity contribution in [3.63, 3.8) is 0 Å². The molecule has 1 aromatic rings. The van der Waals surface area contributed by atoms with Gasteiger partial charge in [0, 0.05) is 31.3 Å². The van der Waals surface area contributed by atoms with Crippen molar-refractivity contribution in [1.82, 2.24) is 10.2 Å². The maximum Gasteiger partial charge on any atom is 0.269 e. The number of non-ortho nitro benzene ring substituents is 1. The average molecular weight is 339 g/mol. The minimum atomic E-state index is -3.22. The Morgan fingerprint density at radius 3 is 2.26 bits per heavy atom. The second kappa shape index (κ2) is 6.54. The van der Waals surface area contributed by atoms with Gasteiger partial charge in [-0.25, -0.2) is 8.42 Å². The van der Waals surface area contributed by atoms with E-state index in [0.717, 1.165) is 26.2 Å². The molecule has 0 aliphatic carbocycles. The molecule has 126 valence electrons. The Labute approximate surface area is 135 Å². The molecule has 3 rings (SSSR count). The van der Waals surface area contributed by atoms with Gasteiger partial charge in [0.15, 0.2) is 9.84 Å². The summed E-state index contributed by atoms with van der Waals surface area (Å²) in [5.41, 5.74) is 0.592. The first-order valence-electron chi connectivity index (χ1n) is 7.85. The Morgan fingerprint density at radius 1 is 1.17 bits per heavy atom. The molecule has 0 saturated carbocycles. The largest absolute Gasteiger partial charge is 0.314 e. The summed E-state index contributed by atoms with van der Waals surface area (Å²) in [6, 6.07) is 6.34. The number of likely N-dealkylation sites (tertiary alicyclic amines) is 1. The fourth-order valence-corrected chi connectivity index (χ4v) is 5.02. The van der Waals surface area contributed by atoms with Gasteiger partial charge in [0.25, 0.3) is 5.69 Å². The van der Waals surface area contributed by atoms with Crippen LogP contribution in [0.2, 0.25) is 0 Å². The number of rotatable bonds is 5. The Balaban J connectivity index is 1.59. The SMILES string of the molecule is O=[N+]([O-])c1ccc(CS(=O)(=O)C2CCN(C3CNC3)CC2)cc1. The van der Waals surface area contributed by atoms with Gasteiger partial charge in [0.2, 0.25) is 0 Å². The third-order valence-electron chi connectivity index (χ3n) is 4.78. The maximum atomic E-state index is 12.6. The number of nitrogens with one attached hydrogen (secondary N) is 1. The fourth-order valence-electron chi connectivity index (χ4n) is 3.20. The van der Waals surface area contributed by atoms with Crippen molar-refractivity contribution in [1.29, 1.82) is 0 Å². The van der Waals surface area contributed by atoms with E-state index in [-0.39, 0.29) is 16.7 Å². The van der Waals surface area contributed by atoms with E-state index < -0.39 is 14.8 Å². The first-order valence-corrected chi connectivity index (χ1v) is 9.57. The van der Waals surface area contributed by atoms with Crippen LogP contribution in [0, 0.1) is 10.1 Å². The summed E-state index contributed by atoms with van der Waals surface area (Å²) in [6.45, 7) is 3.66. The molecule has 2 aliphatic heterocycles. The van der Waals surface area contributed by atoms with Gasteiger partial charge in [-0.15, -0.1) is 0 Å². The number of nitro groups is 1. The van der Waals surface area contributed by atoms with Gasteiger partial charge in [0.1, 0.15) is 0 Å². The van der Waals surface area contributed by atoms with E-state index in [4.69, 9.17) is 0 Å². The summed E-state index contributed by atoms with van der Waals surface area (Å²) in [5.74, 6) is -0.0410. The van der Waals surface area contributed by atoms with E-state index in [9.17, 15) is 18.5 Å². The molecule has 0 radical (unpaired) electrons. The molecule has 0 atom stereocenters.